The molecule has 2 aromatic rings. The summed E-state index contributed by atoms with van der Waals surface area (Å²) in [5, 5.41) is 2.08. The molecular formula is C45H71N3O10. The van der Waals surface area contributed by atoms with Crippen LogP contribution in [-0.4, -0.2) is 131 Å². The highest BCUT2D eigenvalue weighted by molar-refractivity contribution is 5.83. The van der Waals surface area contributed by atoms with Gasteiger partial charge < -0.3 is 23.7 Å². The molecule has 0 heterocycles. The largest absolute Gasteiger partial charge is 0.459 e. The molecule has 0 saturated carbocycles. The Morgan fingerprint density at radius 1 is 0.466 bits per heavy atom. The Kier molecular flexibility index (Phi) is 17.9. The van der Waals surface area contributed by atoms with E-state index in [1.54, 1.807) is 114 Å². The molecule has 2 aromatic carbocycles. The van der Waals surface area contributed by atoms with E-state index in [-0.39, 0.29) is 52.4 Å². The summed E-state index contributed by atoms with van der Waals surface area (Å²) in [6.07, 6.45) is 0.376. The van der Waals surface area contributed by atoms with Gasteiger partial charge in [0.05, 0.1) is 32.7 Å². The lowest BCUT2D eigenvalue weighted by Crippen LogP contribution is -2.52. The highest BCUT2D eigenvalue weighted by atomic mass is 16.6. The Bertz CT molecular complexity index is 1630. The topological polar surface area (TPSA) is 141 Å². The van der Waals surface area contributed by atoms with Gasteiger partial charge in [0.15, 0.2) is 0 Å². The molecule has 58 heavy (non-hydrogen) atoms. The van der Waals surface area contributed by atoms with E-state index in [2.05, 4.69) is 6.07 Å². The van der Waals surface area contributed by atoms with Crippen molar-refractivity contribution in [2.75, 3.05) is 52.4 Å². The van der Waals surface area contributed by atoms with Crippen LogP contribution in [0.1, 0.15) is 109 Å². The van der Waals surface area contributed by atoms with Gasteiger partial charge in [-0.3, -0.25) is 38.7 Å². The summed E-state index contributed by atoms with van der Waals surface area (Å²) < 4.78 is 28.4. The standard InChI is InChI=1S/C45H71N3O10/c1-41(2,3)54-36(49)27-46(22-23-47(28-37(50)55-42(4,5)6)29-38(51)56-43(7,8)9)26-35(25-32-20-21-33-18-16-17-19-34(33)24-32)48(30-39(52)57-44(10,11)12)31-40(53)58-45(13,14)15/h16-21,24,35H,22-23,25-31H2,1-15H3. The molecule has 13 heteroatoms. The summed E-state index contributed by atoms with van der Waals surface area (Å²) in [6.45, 7) is 26.1. The number of hydrogen-bond acceptors (Lipinski definition) is 13. The van der Waals surface area contributed by atoms with Gasteiger partial charge in [-0.15, -0.1) is 0 Å². The molecule has 0 aliphatic carbocycles. The third-order valence-corrected chi connectivity index (χ3v) is 7.83. The van der Waals surface area contributed by atoms with Crippen LogP contribution in [0.5, 0.6) is 0 Å². The van der Waals surface area contributed by atoms with Gasteiger partial charge >= 0.3 is 29.8 Å². The zero-order chi connectivity index (χ0) is 44.3. The summed E-state index contributed by atoms with van der Waals surface area (Å²) in [5.74, 6) is -2.60. The molecule has 1 atom stereocenters. The molecule has 0 saturated heterocycles. The lowest BCUT2D eigenvalue weighted by Gasteiger charge is -2.36. The average Bonchev–Trinajstić information content (AvgIpc) is 2.98. The first-order valence-corrected chi connectivity index (χ1v) is 20.1. The number of ether oxygens (including phenoxy) is 5. The van der Waals surface area contributed by atoms with E-state index in [0.717, 1.165) is 16.3 Å². The van der Waals surface area contributed by atoms with Crippen LogP contribution in [0.25, 0.3) is 10.8 Å². The zero-order valence-electron chi connectivity index (χ0n) is 37.9. The highest BCUT2D eigenvalue weighted by Gasteiger charge is 2.32. The minimum Gasteiger partial charge on any atom is -0.459 e. The predicted molar refractivity (Wildman–Crippen MR) is 225 cm³/mol. The summed E-state index contributed by atoms with van der Waals surface area (Å²) in [5.41, 5.74) is -2.89. The van der Waals surface area contributed by atoms with Gasteiger partial charge in [-0.05, 0) is 127 Å². The van der Waals surface area contributed by atoms with Crippen molar-refractivity contribution in [1.29, 1.82) is 0 Å². The van der Waals surface area contributed by atoms with Crippen LogP contribution >= 0.6 is 0 Å². The molecule has 0 N–H and O–H groups in total. The van der Waals surface area contributed by atoms with Gasteiger partial charge in [0.2, 0.25) is 0 Å². The van der Waals surface area contributed by atoms with Crippen LogP contribution in [-0.2, 0) is 54.1 Å². The molecular weight excluding hydrogens is 743 g/mol. The number of esters is 5. The third kappa shape index (κ3) is 22.2. The molecule has 326 valence electrons. The van der Waals surface area contributed by atoms with Crippen molar-refractivity contribution in [3.05, 3.63) is 48.0 Å². The zero-order valence-corrected chi connectivity index (χ0v) is 37.9. The Morgan fingerprint density at radius 3 is 1.21 bits per heavy atom. The van der Waals surface area contributed by atoms with Crippen molar-refractivity contribution in [1.82, 2.24) is 14.7 Å². The predicted octanol–water partition coefficient (Wildman–Crippen LogP) is 6.37. The van der Waals surface area contributed by atoms with Gasteiger partial charge in [-0.2, -0.15) is 0 Å². The van der Waals surface area contributed by atoms with Gasteiger partial charge in [-0.25, -0.2) is 0 Å². The van der Waals surface area contributed by atoms with Crippen LogP contribution < -0.4 is 0 Å². The summed E-state index contributed by atoms with van der Waals surface area (Å²) in [7, 11) is 0. The van der Waals surface area contributed by atoms with Crippen molar-refractivity contribution in [3.8, 4) is 0 Å². The number of benzene rings is 2. The van der Waals surface area contributed by atoms with Gasteiger partial charge in [0, 0.05) is 25.7 Å². The first kappa shape index (κ1) is 50.1. The number of fused-ring (bicyclic) bond motifs is 1. The SMILES string of the molecule is CC(C)(C)OC(=O)CN(CCN(CC(=O)OC(C)(C)C)CC(Cc1ccc2ccccc2c1)N(CC(=O)OC(C)(C)C)CC(=O)OC(C)(C)C)CC(=O)OC(C)(C)C. The number of hydrogen-bond donors (Lipinski definition) is 0. The molecule has 0 aliphatic heterocycles. The Labute approximate surface area is 347 Å². The van der Waals surface area contributed by atoms with Gasteiger partial charge in [-0.1, -0.05) is 42.5 Å². The molecule has 0 aromatic heterocycles. The van der Waals surface area contributed by atoms with Gasteiger partial charge in [0.1, 0.15) is 28.0 Å². The second-order valence-electron chi connectivity index (χ2n) is 19.8. The van der Waals surface area contributed by atoms with Gasteiger partial charge in [0.25, 0.3) is 0 Å². The number of carbonyl (C=O) groups excluding carboxylic acids is 5. The van der Waals surface area contributed by atoms with Crippen LogP contribution in [0, 0.1) is 0 Å². The average molecular weight is 814 g/mol. The van der Waals surface area contributed by atoms with Crippen LogP contribution in [0.15, 0.2) is 42.5 Å². The first-order valence-electron chi connectivity index (χ1n) is 20.1. The molecule has 0 aliphatic rings. The number of nitrogens with zero attached hydrogens (tertiary/aromatic N) is 3. The van der Waals surface area contributed by atoms with Crippen LogP contribution in [0.4, 0.5) is 0 Å². The highest BCUT2D eigenvalue weighted by Crippen LogP contribution is 2.21. The minimum absolute atomic E-state index is 0.155. The van der Waals surface area contributed by atoms with Crippen molar-refractivity contribution in [2.24, 2.45) is 0 Å². The molecule has 0 spiro atoms. The smallest absolute Gasteiger partial charge is 0.320 e. The van der Waals surface area contributed by atoms with E-state index < -0.39 is 63.9 Å². The van der Waals surface area contributed by atoms with Crippen LogP contribution in [0.3, 0.4) is 0 Å². The molecule has 13 nitrogen and oxygen atoms in total. The van der Waals surface area contributed by atoms with E-state index >= 15 is 0 Å². The molecule has 1 unspecified atom stereocenters. The van der Waals surface area contributed by atoms with Crippen molar-refractivity contribution in [2.45, 2.75) is 144 Å². The second kappa shape index (κ2) is 20.8. The van der Waals surface area contributed by atoms with E-state index in [4.69, 9.17) is 23.7 Å². The molecule has 0 radical (unpaired) electrons. The monoisotopic (exact) mass is 814 g/mol. The van der Waals surface area contributed by atoms with Crippen molar-refractivity contribution >= 4 is 40.6 Å². The van der Waals surface area contributed by atoms with Crippen LogP contribution in [0.2, 0.25) is 0 Å². The lowest BCUT2D eigenvalue weighted by molar-refractivity contribution is -0.162. The maximum Gasteiger partial charge on any atom is 0.320 e. The molecule has 0 amide bonds. The fraction of sp³-hybridized carbons (Fsp3) is 0.667. The summed E-state index contributed by atoms with van der Waals surface area (Å²) in [4.78, 5) is 71.9. The van der Waals surface area contributed by atoms with E-state index in [1.807, 2.05) is 41.3 Å². The van der Waals surface area contributed by atoms with Crippen molar-refractivity contribution < 1.29 is 47.7 Å². The molecule has 0 fully saturated rings. The normalized spacial score (nSPS) is 13.4. The lowest BCUT2D eigenvalue weighted by atomic mass is 10.00. The number of carbonyl (C=O) groups is 5. The quantitative estimate of drug-likeness (QED) is 0.122. The minimum atomic E-state index is -0.781. The fourth-order valence-electron chi connectivity index (χ4n) is 6.04. The fourth-order valence-corrected chi connectivity index (χ4v) is 6.04. The first-order chi connectivity index (χ1) is 26.3. The van der Waals surface area contributed by atoms with E-state index in [0.29, 0.717) is 6.42 Å². The second-order valence-corrected chi connectivity index (χ2v) is 19.8. The maximum atomic E-state index is 13.5. The van der Waals surface area contributed by atoms with Crippen molar-refractivity contribution in [3.63, 3.8) is 0 Å². The Balaban J connectivity index is 2.66. The summed E-state index contributed by atoms with van der Waals surface area (Å²) >= 11 is 0. The number of rotatable bonds is 18. The molecule has 2 rings (SSSR count). The molecule has 0 bridgehead atoms. The Morgan fingerprint density at radius 2 is 0.810 bits per heavy atom. The third-order valence-electron chi connectivity index (χ3n) is 7.83. The summed E-state index contributed by atoms with van der Waals surface area (Å²) in [6, 6.07) is 13.5. The Hall–Kier alpha value is -4.07. The van der Waals surface area contributed by atoms with E-state index in [9.17, 15) is 24.0 Å². The van der Waals surface area contributed by atoms with E-state index in [1.165, 1.54) is 0 Å². The maximum absolute atomic E-state index is 13.5.